The molecule has 2 nitrogen and oxygen atoms in total. The molecule has 34 heavy (non-hydrogen) atoms. The van der Waals surface area contributed by atoms with Crippen LogP contribution in [-0.2, 0) is 6.54 Å². The van der Waals surface area contributed by atoms with Crippen LogP contribution in [0.4, 0.5) is 4.39 Å². The Morgan fingerprint density at radius 2 is 1.56 bits per heavy atom. The van der Waals surface area contributed by atoms with Crippen LogP contribution in [0.15, 0.2) is 65.4 Å². The molecule has 2 aliphatic heterocycles. The lowest BCUT2D eigenvalue weighted by atomic mass is 9.89. The van der Waals surface area contributed by atoms with Gasteiger partial charge in [-0.2, -0.15) is 11.3 Å². The van der Waals surface area contributed by atoms with Crippen LogP contribution < -0.4 is 0 Å². The summed E-state index contributed by atoms with van der Waals surface area (Å²) in [7, 11) is 0. The lowest BCUT2D eigenvalue weighted by molar-refractivity contribution is 0.197. The van der Waals surface area contributed by atoms with Gasteiger partial charge in [-0.05, 0) is 104 Å². The van der Waals surface area contributed by atoms with Gasteiger partial charge in [0, 0.05) is 13.1 Å². The molecule has 0 amide bonds. The second-order valence-corrected chi connectivity index (χ2v) is 11.0. The fourth-order valence-electron chi connectivity index (χ4n) is 5.02. The number of hydrogen-bond acceptors (Lipinski definition) is 3. The number of rotatable bonds is 6. The van der Waals surface area contributed by atoms with Crippen LogP contribution >= 0.6 is 34.5 Å². The van der Waals surface area contributed by atoms with Crippen LogP contribution in [0.1, 0.15) is 42.7 Å². The van der Waals surface area contributed by atoms with Crippen LogP contribution in [0.3, 0.4) is 0 Å². The fraction of sp³-hybridized carbons (Fsp3) is 0.429. The van der Waals surface area contributed by atoms with Gasteiger partial charge in [-0.25, -0.2) is 4.39 Å². The summed E-state index contributed by atoms with van der Waals surface area (Å²) >= 11 is 14.2. The second-order valence-electron chi connectivity index (χ2n) is 9.35. The van der Waals surface area contributed by atoms with Crippen LogP contribution in [0.2, 0.25) is 10.0 Å². The van der Waals surface area contributed by atoms with E-state index in [1.165, 1.54) is 37.8 Å². The van der Waals surface area contributed by atoms with E-state index >= 15 is 0 Å². The molecule has 0 radical (unpaired) electrons. The largest absolute Gasteiger partial charge is 0.303 e. The highest BCUT2D eigenvalue weighted by atomic mass is 35.5. The van der Waals surface area contributed by atoms with E-state index in [9.17, 15) is 4.39 Å². The molecule has 2 aromatic carbocycles. The van der Waals surface area contributed by atoms with Crippen LogP contribution in [0.5, 0.6) is 0 Å². The van der Waals surface area contributed by atoms with Gasteiger partial charge in [0.25, 0.3) is 0 Å². The van der Waals surface area contributed by atoms with E-state index in [0.717, 1.165) is 44.2 Å². The summed E-state index contributed by atoms with van der Waals surface area (Å²) in [6, 6.07) is 17.0. The number of likely N-dealkylation sites (tertiary alicyclic amines) is 2. The first-order valence-electron chi connectivity index (χ1n) is 12.2. The summed E-state index contributed by atoms with van der Waals surface area (Å²) in [5, 5.41) is 5.42. The number of benzene rings is 2. The minimum atomic E-state index is -0.144. The average Bonchev–Trinajstić information content (AvgIpc) is 3.57. The van der Waals surface area contributed by atoms with E-state index in [1.54, 1.807) is 23.5 Å². The van der Waals surface area contributed by atoms with Crippen LogP contribution in [0.25, 0.3) is 0 Å². The maximum Gasteiger partial charge on any atom is 0.123 e. The molecule has 0 saturated carbocycles. The SMILES string of the molecule is Fc1ccc(C2CCN(CC[C@H]3CCN(Cc4cccc(Cl)c4Cl)C3)CC2)cc1.c1ccsc1. The third-order valence-electron chi connectivity index (χ3n) is 7.00. The quantitative estimate of drug-likeness (QED) is 0.326. The molecule has 0 bridgehead atoms. The molecule has 0 unspecified atom stereocenters. The summed E-state index contributed by atoms with van der Waals surface area (Å²) in [5.41, 5.74) is 2.42. The van der Waals surface area contributed by atoms with Crippen molar-refractivity contribution < 1.29 is 4.39 Å². The van der Waals surface area contributed by atoms with E-state index in [-0.39, 0.29) is 5.82 Å². The Bertz CT molecular complexity index is 971. The molecule has 2 aliphatic rings. The Morgan fingerprint density at radius 3 is 2.24 bits per heavy atom. The molecule has 0 spiro atoms. The van der Waals surface area contributed by atoms with Crippen LogP contribution in [0, 0.1) is 11.7 Å². The van der Waals surface area contributed by atoms with E-state index in [4.69, 9.17) is 23.2 Å². The Kier molecular flexibility index (Phi) is 9.84. The molecule has 1 atom stereocenters. The van der Waals surface area contributed by atoms with Gasteiger partial charge in [0.15, 0.2) is 0 Å². The van der Waals surface area contributed by atoms with E-state index < -0.39 is 0 Å². The monoisotopic (exact) mass is 518 g/mol. The Hall–Kier alpha value is -1.43. The van der Waals surface area contributed by atoms with Crippen molar-refractivity contribution in [3.05, 3.63) is 92.3 Å². The first-order valence-corrected chi connectivity index (χ1v) is 13.9. The van der Waals surface area contributed by atoms with Crippen molar-refractivity contribution in [3.63, 3.8) is 0 Å². The van der Waals surface area contributed by atoms with Gasteiger partial charge in [0.2, 0.25) is 0 Å². The van der Waals surface area contributed by atoms with Crippen LogP contribution in [-0.4, -0.2) is 42.5 Å². The number of halogens is 3. The third kappa shape index (κ3) is 7.53. The predicted molar refractivity (Wildman–Crippen MR) is 144 cm³/mol. The molecule has 3 aromatic rings. The average molecular weight is 520 g/mol. The summed E-state index contributed by atoms with van der Waals surface area (Å²) in [6.45, 7) is 6.66. The Morgan fingerprint density at radius 1 is 0.853 bits per heavy atom. The molecule has 6 heteroatoms. The lowest BCUT2D eigenvalue weighted by Crippen LogP contribution is -2.34. The summed E-state index contributed by atoms with van der Waals surface area (Å²) in [6.07, 6.45) is 4.89. The molecule has 1 aromatic heterocycles. The first kappa shape index (κ1) is 25.7. The van der Waals surface area contributed by atoms with Crippen molar-refractivity contribution in [2.75, 3.05) is 32.7 Å². The molecule has 3 heterocycles. The highest BCUT2D eigenvalue weighted by Gasteiger charge is 2.25. The van der Waals surface area contributed by atoms with Crippen molar-refractivity contribution in [2.24, 2.45) is 5.92 Å². The van der Waals surface area contributed by atoms with Gasteiger partial charge >= 0.3 is 0 Å². The number of hydrogen-bond donors (Lipinski definition) is 0. The van der Waals surface area contributed by atoms with Crippen molar-refractivity contribution >= 4 is 34.5 Å². The van der Waals surface area contributed by atoms with Crippen molar-refractivity contribution in [1.82, 2.24) is 9.80 Å². The minimum Gasteiger partial charge on any atom is -0.303 e. The molecular formula is C28H33Cl2FN2S. The second kappa shape index (κ2) is 13.0. The standard InChI is InChI=1S/C24H29Cl2FN2.C4H4S/c25-23-3-1-2-21(24(23)26)17-29-13-9-18(16-29)8-12-28-14-10-20(11-15-28)19-4-6-22(27)7-5-19;1-2-4-5-3-1/h1-7,18,20H,8-17H2;1-4H/t18-;/m0./s1. The van der Waals surface area contributed by atoms with Crippen molar-refractivity contribution in [1.29, 1.82) is 0 Å². The van der Waals surface area contributed by atoms with E-state index in [2.05, 4.69) is 15.9 Å². The molecule has 5 rings (SSSR count). The maximum absolute atomic E-state index is 13.1. The Labute approximate surface area is 217 Å². The molecule has 2 fully saturated rings. The van der Waals surface area contributed by atoms with E-state index in [0.29, 0.717) is 16.0 Å². The summed E-state index contributed by atoms with van der Waals surface area (Å²) in [5.74, 6) is 1.20. The van der Waals surface area contributed by atoms with Crippen molar-refractivity contribution in [2.45, 2.75) is 38.1 Å². The predicted octanol–water partition coefficient (Wildman–Crippen LogP) is 7.97. The third-order valence-corrected chi connectivity index (χ3v) is 8.49. The molecular weight excluding hydrogens is 486 g/mol. The number of thiophene rings is 1. The fourth-order valence-corrected chi connectivity index (χ4v) is 5.85. The smallest absolute Gasteiger partial charge is 0.123 e. The summed E-state index contributed by atoms with van der Waals surface area (Å²) < 4.78 is 13.1. The normalized spacial score (nSPS) is 19.7. The van der Waals surface area contributed by atoms with Gasteiger partial charge in [-0.3, -0.25) is 4.90 Å². The zero-order valence-corrected chi connectivity index (χ0v) is 21.8. The van der Waals surface area contributed by atoms with Gasteiger partial charge in [-0.15, -0.1) is 0 Å². The zero-order chi connectivity index (χ0) is 23.8. The van der Waals surface area contributed by atoms with Gasteiger partial charge in [0.1, 0.15) is 5.82 Å². The first-order chi connectivity index (χ1) is 16.6. The molecule has 2 saturated heterocycles. The maximum atomic E-state index is 13.1. The molecule has 0 aliphatic carbocycles. The van der Waals surface area contributed by atoms with Crippen molar-refractivity contribution in [3.8, 4) is 0 Å². The number of piperidine rings is 1. The topological polar surface area (TPSA) is 6.48 Å². The van der Waals surface area contributed by atoms with Gasteiger partial charge in [-0.1, -0.05) is 59.6 Å². The lowest BCUT2D eigenvalue weighted by Gasteiger charge is -2.32. The highest BCUT2D eigenvalue weighted by Crippen LogP contribution is 2.30. The molecule has 0 N–H and O–H groups in total. The van der Waals surface area contributed by atoms with Gasteiger partial charge < -0.3 is 4.90 Å². The highest BCUT2D eigenvalue weighted by molar-refractivity contribution is 7.07. The van der Waals surface area contributed by atoms with E-state index in [1.807, 2.05) is 47.2 Å². The minimum absolute atomic E-state index is 0.144. The Balaban J connectivity index is 0.000000486. The zero-order valence-electron chi connectivity index (χ0n) is 19.5. The number of nitrogens with zero attached hydrogens (tertiary/aromatic N) is 2. The summed E-state index contributed by atoms with van der Waals surface area (Å²) in [4.78, 5) is 5.11. The molecule has 182 valence electrons. The van der Waals surface area contributed by atoms with Gasteiger partial charge in [0.05, 0.1) is 10.0 Å².